The molecule has 30 heavy (non-hydrogen) atoms. The van der Waals surface area contributed by atoms with Gasteiger partial charge in [0.05, 0.1) is 13.5 Å². The second kappa shape index (κ2) is 8.64. The normalized spacial score (nSPS) is 10.7. The van der Waals surface area contributed by atoms with Crippen molar-refractivity contribution in [2.75, 3.05) is 17.7 Å². The Morgan fingerprint density at radius 3 is 2.57 bits per heavy atom. The number of thiazole rings is 1. The van der Waals surface area contributed by atoms with Crippen molar-refractivity contribution in [2.45, 2.75) is 6.42 Å². The molecule has 4 rings (SSSR count). The van der Waals surface area contributed by atoms with Crippen LogP contribution in [0, 0.1) is 0 Å². The van der Waals surface area contributed by atoms with Crippen molar-refractivity contribution in [3.63, 3.8) is 0 Å². The van der Waals surface area contributed by atoms with E-state index in [2.05, 4.69) is 36.5 Å². The summed E-state index contributed by atoms with van der Waals surface area (Å²) in [6.45, 7) is 0. The van der Waals surface area contributed by atoms with Crippen molar-refractivity contribution in [3.05, 3.63) is 64.5 Å². The van der Waals surface area contributed by atoms with Crippen LogP contribution in [-0.4, -0.2) is 28.9 Å². The van der Waals surface area contributed by atoms with Gasteiger partial charge in [-0.25, -0.2) is 9.97 Å². The number of fused-ring (bicyclic) bond motifs is 1. The summed E-state index contributed by atoms with van der Waals surface area (Å²) in [6, 6.07) is 13.7. The molecule has 2 amide bonds. The fraction of sp³-hybridized carbons (Fsp3) is 0.100. The molecule has 2 N–H and O–H groups in total. The molecule has 0 unspecified atom stereocenters. The fourth-order valence-electron chi connectivity index (χ4n) is 2.65. The molecule has 0 saturated carbocycles. The highest BCUT2D eigenvalue weighted by molar-refractivity contribution is 9.10. The largest absolute Gasteiger partial charge is 0.481 e. The van der Waals surface area contributed by atoms with Crippen LogP contribution < -0.4 is 15.4 Å². The quantitative estimate of drug-likeness (QED) is 0.415. The van der Waals surface area contributed by atoms with Gasteiger partial charge in [-0.15, -0.1) is 0 Å². The lowest BCUT2D eigenvalue weighted by molar-refractivity contribution is -0.115. The Morgan fingerprint density at radius 2 is 1.87 bits per heavy atom. The van der Waals surface area contributed by atoms with E-state index < -0.39 is 0 Å². The van der Waals surface area contributed by atoms with E-state index in [1.54, 1.807) is 55.6 Å². The summed E-state index contributed by atoms with van der Waals surface area (Å²) in [5.41, 5.74) is 2.09. The topological polar surface area (TPSA) is 106 Å². The van der Waals surface area contributed by atoms with Gasteiger partial charge < -0.3 is 19.8 Å². The van der Waals surface area contributed by atoms with Crippen LogP contribution >= 0.6 is 27.3 Å². The van der Waals surface area contributed by atoms with E-state index >= 15 is 0 Å². The molecular formula is C20H15BrN4O4S. The molecule has 0 aliphatic heterocycles. The summed E-state index contributed by atoms with van der Waals surface area (Å²) >= 11 is 4.44. The van der Waals surface area contributed by atoms with Crippen molar-refractivity contribution < 1.29 is 18.7 Å². The number of methoxy groups -OCH3 is 1. The number of hydrogen-bond acceptors (Lipinski definition) is 7. The summed E-state index contributed by atoms with van der Waals surface area (Å²) in [5.74, 6) is 0.148. The predicted molar refractivity (Wildman–Crippen MR) is 117 cm³/mol. The molecule has 8 nitrogen and oxygen atoms in total. The standard InChI is InChI=1S/C20H15BrN4O4S/c1-28-17-9-6-13-19(25-17)30-20(23-13)24-16(26)10-11-2-4-12(5-3-11)22-18(27)14-7-8-15(21)29-14/h2-9H,10H2,1H3,(H,22,27)(H,23,24,26). The second-order valence-corrected chi connectivity index (χ2v) is 7.94. The van der Waals surface area contributed by atoms with Crippen molar-refractivity contribution >= 4 is 60.2 Å². The number of carbonyl (C=O) groups is 2. The molecule has 0 saturated heterocycles. The summed E-state index contributed by atoms with van der Waals surface area (Å²) in [5, 5.41) is 6.00. The molecule has 0 aliphatic rings. The first-order valence-electron chi connectivity index (χ1n) is 8.77. The number of pyridine rings is 1. The minimum Gasteiger partial charge on any atom is -0.481 e. The van der Waals surface area contributed by atoms with E-state index in [0.717, 1.165) is 5.56 Å². The third-order valence-electron chi connectivity index (χ3n) is 4.06. The van der Waals surface area contributed by atoms with Crippen LogP contribution in [0.15, 0.2) is 57.6 Å². The summed E-state index contributed by atoms with van der Waals surface area (Å²) in [6.07, 6.45) is 0.173. The van der Waals surface area contributed by atoms with Crippen LogP contribution in [0.25, 0.3) is 10.3 Å². The number of carbonyl (C=O) groups excluding carboxylic acids is 2. The average Bonchev–Trinajstić information content (AvgIpc) is 3.34. The van der Waals surface area contributed by atoms with E-state index in [9.17, 15) is 9.59 Å². The zero-order chi connectivity index (χ0) is 21.1. The molecule has 3 aromatic heterocycles. The number of hydrogen-bond donors (Lipinski definition) is 2. The van der Waals surface area contributed by atoms with Crippen LogP contribution in [0.1, 0.15) is 16.1 Å². The first kappa shape index (κ1) is 20.0. The smallest absolute Gasteiger partial charge is 0.291 e. The van der Waals surface area contributed by atoms with Gasteiger partial charge in [0.2, 0.25) is 11.8 Å². The monoisotopic (exact) mass is 486 g/mol. The highest BCUT2D eigenvalue weighted by Crippen LogP contribution is 2.26. The summed E-state index contributed by atoms with van der Waals surface area (Å²) in [4.78, 5) is 33.8. The third-order valence-corrected chi connectivity index (χ3v) is 5.37. The average molecular weight is 487 g/mol. The number of nitrogens with zero attached hydrogens (tertiary/aromatic N) is 2. The second-order valence-electron chi connectivity index (χ2n) is 6.18. The minimum atomic E-state index is -0.354. The third kappa shape index (κ3) is 4.66. The zero-order valence-electron chi connectivity index (χ0n) is 15.6. The molecule has 0 atom stereocenters. The molecule has 10 heteroatoms. The lowest BCUT2D eigenvalue weighted by Crippen LogP contribution is -2.14. The number of rotatable bonds is 6. The maximum absolute atomic E-state index is 12.4. The van der Waals surface area contributed by atoms with E-state index in [1.165, 1.54) is 11.3 Å². The minimum absolute atomic E-state index is 0.173. The van der Waals surface area contributed by atoms with Gasteiger partial charge in [-0.05, 0) is 51.8 Å². The highest BCUT2D eigenvalue weighted by atomic mass is 79.9. The van der Waals surface area contributed by atoms with Gasteiger partial charge in [0, 0.05) is 11.8 Å². The number of anilines is 2. The van der Waals surface area contributed by atoms with Crippen molar-refractivity contribution in [1.82, 2.24) is 9.97 Å². The van der Waals surface area contributed by atoms with E-state index in [1.807, 2.05) is 0 Å². The molecule has 0 fully saturated rings. The number of amides is 2. The van der Waals surface area contributed by atoms with E-state index in [4.69, 9.17) is 9.15 Å². The van der Waals surface area contributed by atoms with Crippen LogP contribution in [0.5, 0.6) is 5.88 Å². The molecule has 0 aliphatic carbocycles. The highest BCUT2D eigenvalue weighted by Gasteiger charge is 2.12. The Morgan fingerprint density at radius 1 is 1.07 bits per heavy atom. The maximum atomic E-state index is 12.4. The van der Waals surface area contributed by atoms with Gasteiger partial charge in [-0.1, -0.05) is 23.5 Å². The van der Waals surface area contributed by atoms with Crippen molar-refractivity contribution in [3.8, 4) is 5.88 Å². The Labute approximate surface area is 183 Å². The maximum Gasteiger partial charge on any atom is 0.291 e. The Kier molecular flexibility index (Phi) is 5.77. The molecular weight excluding hydrogens is 472 g/mol. The molecule has 0 radical (unpaired) electrons. The molecule has 1 aromatic carbocycles. The number of furan rings is 1. The van der Waals surface area contributed by atoms with Crippen LogP contribution in [0.2, 0.25) is 0 Å². The summed E-state index contributed by atoms with van der Waals surface area (Å²) < 4.78 is 10.8. The van der Waals surface area contributed by atoms with Gasteiger partial charge in [-0.2, -0.15) is 0 Å². The molecule has 152 valence electrons. The Bertz CT molecular complexity index is 1220. The van der Waals surface area contributed by atoms with Crippen molar-refractivity contribution in [1.29, 1.82) is 0 Å². The first-order chi connectivity index (χ1) is 14.5. The van der Waals surface area contributed by atoms with Gasteiger partial charge in [-0.3, -0.25) is 9.59 Å². The zero-order valence-corrected chi connectivity index (χ0v) is 18.0. The van der Waals surface area contributed by atoms with Gasteiger partial charge >= 0.3 is 0 Å². The lowest BCUT2D eigenvalue weighted by atomic mass is 10.1. The number of ether oxygens (including phenoxy) is 1. The van der Waals surface area contributed by atoms with Gasteiger partial charge in [0.25, 0.3) is 5.91 Å². The van der Waals surface area contributed by atoms with Crippen LogP contribution in [-0.2, 0) is 11.2 Å². The fourth-order valence-corrected chi connectivity index (χ4v) is 3.80. The number of aromatic nitrogens is 2. The van der Waals surface area contributed by atoms with Gasteiger partial charge in [0.15, 0.2) is 15.6 Å². The number of halogens is 1. The molecule has 0 spiro atoms. The van der Waals surface area contributed by atoms with Crippen LogP contribution in [0.3, 0.4) is 0 Å². The molecule has 4 aromatic rings. The summed E-state index contributed by atoms with van der Waals surface area (Å²) in [7, 11) is 1.55. The Balaban J connectivity index is 1.36. The van der Waals surface area contributed by atoms with Gasteiger partial charge in [0.1, 0.15) is 10.3 Å². The number of nitrogens with one attached hydrogen (secondary N) is 2. The Hall–Kier alpha value is -3.24. The SMILES string of the molecule is COc1ccc2nc(NC(=O)Cc3ccc(NC(=O)c4ccc(Br)o4)cc3)sc2n1. The molecule has 0 bridgehead atoms. The van der Waals surface area contributed by atoms with E-state index in [0.29, 0.717) is 31.7 Å². The van der Waals surface area contributed by atoms with E-state index in [-0.39, 0.29) is 24.0 Å². The lowest BCUT2D eigenvalue weighted by Gasteiger charge is -2.05. The van der Waals surface area contributed by atoms with Crippen LogP contribution in [0.4, 0.5) is 10.8 Å². The number of benzene rings is 1. The predicted octanol–water partition coefficient (Wildman–Crippen LogP) is 4.49. The van der Waals surface area contributed by atoms with Crippen molar-refractivity contribution in [2.24, 2.45) is 0 Å². The molecule has 3 heterocycles. The first-order valence-corrected chi connectivity index (χ1v) is 10.4.